The van der Waals surface area contributed by atoms with Crippen LogP contribution in [0.1, 0.15) is 26.0 Å². The molecular formula is C14H17N3O. The van der Waals surface area contributed by atoms with Gasteiger partial charge in [-0.15, -0.1) is 0 Å². The van der Waals surface area contributed by atoms with Crippen LogP contribution in [0.15, 0.2) is 35.6 Å². The van der Waals surface area contributed by atoms with E-state index in [-0.39, 0.29) is 12.0 Å². The summed E-state index contributed by atoms with van der Waals surface area (Å²) in [5, 5.41) is 8.45. The first-order valence-electron chi connectivity index (χ1n) is 6.49. The second kappa shape index (κ2) is 4.44. The number of allylic oxidation sites excluding steroid dienone is 3. The highest BCUT2D eigenvalue weighted by molar-refractivity contribution is 6.04. The Kier molecular flexibility index (Phi) is 2.78. The van der Waals surface area contributed by atoms with Crippen LogP contribution in [0.3, 0.4) is 0 Å². The zero-order chi connectivity index (χ0) is 12.5. The number of fused-ring (bicyclic) bond motifs is 1. The van der Waals surface area contributed by atoms with E-state index in [4.69, 9.17) is 4.84 Å². The van der Waals surface area contributed by atoms with Crippen LogP contribution in [0.2, 0.25) is 0 Å². The molecule has 2 unspecified atom stereocenters. The summed E-state index contributed by atoms with van der Waals surface area (Å²) in [5.74, 6) is 0.287. The Bertz CT molecular complexity index is 539. The molecule has 4 nitrogen and oxygen atoms in total. The summed E-state index contributed by atoms with van der Waals surface area (Å²) in [4.78, 5) is 5.44. The highest BCUT2D eigenvalue weighted by Gasteiger charge is 2.32. The first-order valence-corrected chi connectivity index (χ1v) is 6.49. The molecule has 1 aliphatic heterocycles. The lowest BCUT2D eigenvalue weighted by Gasteiger charge is -2.17. The van der Waals surface area contributed by atoms with E-state index in [2.05, 4.69) is 48.4 Å². The lowest BCUT2D eigenvalue weighted by atomic mass is 9.88. The predicted molar refractivity (Wildman–Crippen MR) is 71.1 cm³/mol. The summed E-state index contributed by atoms with van der Waals surface area (Å²) >= 11 is 0. The van der Waals surface area contributed by atoms with Gasteiger partial charge < -0.3 is 4.84 Å². The van der Waals surface area contributed by atoms with Gasteiger partial charge in [-0.25, -0.2) is 0 Å². The Hall–Kier alpha value is -1.84. The molecule has 3 rings (SSSR count). The van der Waals surface area contributed by atoms with Gasteiger partial charge in [-0.05, 0) is 31.1 Å². The fourth-order valence-corrected chi connectivity index (χ4v) is 2.53. The van der Waals surface area contributed by atoms with Crippen LogP contribution in [0.4, 0.5) is 0 Å². The topological polar surface area (TPSA) is 39.4 Å². The Labute approximate surface area is 107 Å². The number of rotatable bonds is 3. The highest BCUT2D eigenvalue weighted by atomic mass is 16.6. The summed E-state index contributed by atoms with van der Waals surface area (Å²) in [6.45, 7) is 5.11. The van der Waals surface area contributed by atoms with E-state index in [0.717, 1.165) is 24.4 Å². The molecule has 1 aliphatic carbocycles. The maximum absolute atomic E-state index is 5.44. The Morgan fingerprint density at radius 3 is 3.00 bits per heavy atom. The summed E-state index contributed by atoms with van der Waals surface area (Å²) in [5.41, 5.74) is 3.41. The monoisotopic (exact) mass is 243 g/mol. The van der Waals surface area contributed by atoms with Crippen molar-refractivity contribution in [3.8, 4) is 0 Å². The van der Waals surface area contributed by atoms with Crippen molar-refractivity contribution < 1.29 is 4.84 Å². The third-order valence-electron chi connectivity index (χ3n) is 3.54. The van der Waals surface area contributed by atoms with Crippen molar-refractivity contribution >= 4 is 11.3 Å². The third-order valence-corrected chi connectivity index (χ3v) is 3.54. The normalized spacial score (nSPS) is 25.4. The summed E-state index contributed by atoms with van der Waals surface area (Å²) < 4.78 is 2.01. The van der Waals surface area contributed by atoms with Gasteiger partial charge in [0, 0.05) is 12.7 Å². The second-order valence-corrected chi connectivity index (χ2v) is 4.58. The molecule has 0 fully saturated rings. The highest BCUT2D eigenvalue weighted by Crippen LogP contribution is 2.31. The lowest BCUT2D eigenvalue weighted by molar-refractivity contribution is 0.0684. The number of aromatic nitrogens is 2. The summed E-state index contributed by atoms with van der Waals surface area (Å²) in [6.07, 6.45) is 9.41. The first-order chi connectivity index (χ1) is 8.83. The molecule has 0 radical (unpaired) electrons. The van der Waals surface area contributed by atoms with E-state index >= 15 is 0 Å². The molecule has 1 aromatic rings. The number of aryl methyl sites for hydroxylation is 1. The smallest absolute Gasteiger partial charge is 0.139 e. The van der Waals surface area contributed by atoms with Gasteiger partial charge in [0.05, 0.1) is 17.3 Å². The van der Waals surface area contributed by atoms with Crippen molar-refractivity contribution in [2.45, 2.75) is 32.9 Å². The molecule has 0 amide bonds. The van der Waals surface area contributed by atoms with Crippen molar-refractivity contribution in [1.29, 1.82) is 0 Å². The van der Waals surface area contributed by atoms with Gasteiger partial charge in [0.15, 0.2) is 0 Å². The molecule has 0 aromatic carbocycles. The van der Waals surface area contributed by atoms with Gasteiger partial charge in [0.2, 0.25) is 0 Å². The molecule has 0 saturated heterocycles. The van der Waals surface area contributed by atoms with Gasteiger partial charge in [-0.3, -0.25) is 4.68 Å². The molecule has 18 heavy (non-hydrogen) atoms. The van der Waals surface area contributed by atoms with Crippen LogP contribution in [0.5, 0.6) is 0 Å². The van der Waals surface area contributed by atoms with E-state index in [1.165, 1.54) is 5.57 Å². The van der Waals surface area contributed by atoms with Crippen LogP contribution in [-0.2, 0) is 11.4 Å². The van der Waals surface area contributed by atoms with E-state index in [9.17, 15) is 0 Å². The molecule has 0 bridgehead atoms. The van der Waals surface area contributed by atoms with Crippen LogP contribution in [-0.4, -0.2) is 21.6 Å². The van der Waals surface area contributed by atoms with Gasteiger partial charge in [0.25, 0.3) is 0 Å². The number of oxime groups is 1. The molecule has 1 aromatic heterocycles. The fourth-order valence-electron chi connectivity index (χ4n) is 2.53. The largest absolute Gasteiger partial charge is 0.391 e. The predicted octanol–water partition coefficient (Wildman–Crippen LogP) is 2.64. The average Bonchev–Trinajstić information content (AvgIpc) is 3.03. The second-order valence-electron chi connectivity index (χ2n) is 4.58. The lowest BCUT2D eigenvalue weighted by Crippen LogP contribution is -2.22. The summed E-state index contributed by atoms with van der Waals surface area (Å²) in [7, 11) is 0. The molecule has 0 N–H and O–H groups in total. The van der Waals surface area contributed by atoms with Crippen molar-refractivity contribution in [1.82, 2.24) is 9.78 Å². The standard InChI is InChI=1S/C14H17N3O/c1-3-14-11-9-10(5-6-12(11)16-18-14)13-7-8-15-17(13)4-2/h5-9,11,14H,3-4H2,1-2H3. The maximum atomic E-state index is 5.44. The number of hydrogen-bond donors (Lipinski definition) is 0. The van der Waals surface area contributed by atoms with Gasteiger partial charge in [-0.2, -0.15) is 5.10 Å². The summed E-state index contributed by atoms with van der Waals surface area (Å²) in [6, 6.07) is 2.05. The third kappa shape index (κ3) is 1.68. The molecule has 0 spiro atoms. The first kappa shape index (κ1) is 11.3. The maximum Gasteiger partial charge on any atom is 0.139 e. The van der Waals surface area contributed by atoms with Gasteiger partial charge in [0.1, 0.15) is 6.10 Å². The van der Waals surface area contributed by atoms with Gasteiger partial charge in [-0.1, -0.05) is 24.2 Å². The van der Waals surface area contributed by atoms with Crippen molar-refractivity contribution in [3.63, 3.8) is 0 Å². The minimum Gasteiger partial charge on any atom is -0.391 e. The van der Waals surface area contributed by atoms with Crippen LogP contribution >= 0.6 is 0 Å². The zero-order valence-corrected chi connectivity index (χ0v) is 10.7. The Morgan fingerprint density at radius 1 is 1.33 bits per heavy atom. The minimum absolute atomic E-state index is 0.179. The zero-order valence-electron chi connectivity index (χ0n) is 10.7. The van der Waals surface area contributed by atoms with Gasteiger partial charge >= 0.3 is 0 Å². The average molecular weight is 243 g/mol. The molecule has 2 atom stereocenters. The molecule has 4 heteroatoms. The molecule has 94 valence electrons. The fraction of sp³-hybridized carbons (Fsp3) is 0.429. The number of hydrogen-bond acceptors (Lipinski definition) is 3. The van der Waals surface area contributed by atoms with E-state index in [1.807, 2.05) is 10.9 Å². The Morgan fingerprint density at radius 2 is 2.22 bits per heavy atom. The SMILES string of the molecule is CCC1ON=C2C=CC(c3ccnn3CC)=CC21. The van der Waals surface area contributed by atoms with E-state index in [1.54, 1.807) is 0 Å². The molecule has 2 aliphatic rings. The van der Waals surface area contributed by atoms with Crippen LogP contribution in [0, 0.1) is 5.92 Å². The van der Waals surface area contributed by atoms with E-state index < -0.39 is 0 Å². The Balaban J connectivity index is 1.95. The van der Waals surface area contributed by atoms with Crippen molar-refractivity contribution in [3.05, 3.63) is 36.2 Å². The minimum atomic E-state index is 0.179. The number of nitrogens with zero attached hydrogens (tertiary/aromatic N) is 3. The molecular weight excluding hydrogens is 226 g/mol. The van der Waals surface area contributed by atoms with Crippen LogP contribution < -0.4 is 0 Å². The molecule has 2 heterocycles. The van der Waals surface area contributed by atoms with Crippen LogP contribution in [0.25, 0.3) is 5.57 Å². The quantitative estimate of drug-likeness (QED) is 0.818. The van der Waals surface area contributed by atoms with E-state index in [0.29, 0.717) is 0 Å². The molecule has 0 saturated carbocycles. The van der Waals surface area contributed by atoms with Crippen molar-refractivity contribution in [2.24, 2.45) is 11.1 Å². The van der Waals surface area contributed by atoms with Crippen molar-refractivity contribution in [2.75, 3.05) is 0 Å².